The van der Waals surface area contributed by atoms with Crippen molar-refractivity contribution in [2.45, 2.75) is 19.4 Å². The van der Waals surface area contributed by atoms with Gasteiger partial charge in [-0.15, -0.1) is 0 Å². The first-order valence-corrected chi connectivity index (χ1v) is 8.42. The van der Waals surface area contributed by atoms with E-state index in [0.29, 0.717) is 11.1 Å². The van der Waals surface area contributed by atoms with Crippen LogP contribution in [0, 0.1) is 6.92 Å². The minimum atomic E-state index is -1.09. The molecule has 0 fully saturated rings. The molecule has 8 nitrogen and oxygen atoms in total. The molecule has 2 aromatic rings. The monoisotopic (exact) mass is 447 g/mol. The van der Waals surface area contributed by atoms with Gasteiger partial charge in [-0.3, -0.25) is 9.59 Å². The van der Waals surface area contributed by atoms with Crippen molar-refractivity contribution < 1.29 is 19.8 Å². The van der Waals surface area contributed by atoms with Crippen molar-refractivity contribution in [3.8, 4) is 5.75 Å². The van der Waals surface area contributed by atoms with Gasteiger partial charge >= 0.3 is 41.6 Å². The van der Waals surface area contributed by atoms with Gasteiger partial charge in [-0.25, -0.2) is 4.79 Å². The number of carbonyl (C=O) groups excluding carboxylic acids is 1. The first-order valence-electron chi connectivity index (χ1n) is 7.63. The number of nitrogens with one attached hydrogen (secondary N) is 2. The summed E-state index contributed by atoms with van der Waals surface area (Å²) in [4.78, 5) is 35.5. The van der Waals surface area contributed by atoms with Crippen molar-refractivity contribution in [3.05, 3.63) is 56.4 Å². The molecule has 0 aliphatic carbocycles. The molecule has 0 saturated heterocycles. The first-order chi connectivity index (χ1) is 12.2. The van der Waals surface area contributed by atoms with E-state index in [0.717, 1.165) is 4.47 Å². The number of aliphatic carboxylic acids is 1. The molecular weight excluding hydrogens is 429 g/mol. The second kappa shape index (κ2) is 9.93. The summed E-state index contributed by atoms with van der Waals surface area (Å²) in [6.45, 7) is 1.59. The summed E-state index contributed by atoms with van der Waals surface area (Å²) < 4.78 is 1.96. The van der Waals surface area contributed by atoms with Crippen molar-refractivity contribution in [3.63, 3.8) is 0 Å². The number of rotatable bonds is 5. The number of urea groups is 1. The van der Waals surface area contributed by atoms with Gasteiger partial charge in [0.15, 0.2) is 5.69 Å². The Bertz CT molecular complexity index is 916. The van der Waals surface area contributed by atoms with Crippen LogP contribution < -0.4 is 16.2 Å². The second-order valence-electron chi connectivity index (χ2n) is 5.76. The van der Waals surface area contributed by atoms with Crippen LogP contribution in [0.1, 0.15) is 23.6 Å². The first kappa shape index (κ1) is 23.2. The number of halogens is 1. The van der Waals surface area contributed by atoms with Gasteiger partial charge in [-0.2, -0.15) is 0 Å². The van der Waals surface area contributed by atoms with Crippen molar-refractivity contribution in [1.82, 2.24) is 9.88 Å². The summed E-state index contributed by atoms with van der Waals surface area (Å²) in [6.07, 6.45) is 1.09. The third kappa shape index (κ3) is 6.10. The average molecular weight is 448 g/mol. The Hall–Kier alpha value is -1.81. The van der Waals surface area contributed by atoms with Gasteiger partial charge in [-0.05, 0) is 24.6 Å². The zero-order valence-corrected chi connectivity index (χ0v) is 15.7. The molecule has 2 amide bonds. The molecule has 0 aliphatic rings. The fraction of sp³-hybridized carbons (Fsp3) is 0.235. The van der Waals surface area contributed by atoms with Crippen LogP contribution >= 0.6 is 15.9 Å². The van der Waals surface area contributed by atoms with E-state index in [1.807, 2.05) is 0 Å². The Kier molecular flexibility index (Phi) is 8.55. The van der Waals surface area contributed by atoms with Crippen molar-refractivity contribution in [1.29, 1.82) is 0 Å². The number of carbonyl (C=O) groups is 2. The zero-order valence-electron chi connectivity index (χ0n) is 14.1. The summed E-state index contributed by atoms with van der Waals surface area (Å²) in [7, 11) is 1.49. The van der Waals surface area contributed by atoms with Gasteiger partial charge in [-0.1, -0.05) is 28.1 Å². The van der Waals surface area contributed by atoms with Crippen molar-refractivity contribution in [2.75, 3.05) is 5.32 Å². The number of anilines is 1. The molecule has 0 spiro atoms. The number of aromatic nitrogens is 1. The molecule has 0 radical (unpaired) electrons. The van der Waals surface area contributed by atoms with Crippen LogP contribution in [0.15, 0.2) is 39.7 Å². The summed E-state index contributed by atoms with van der Waals surface area (Å²) in [5.74, 6) is -1.43. The van der Waals surface area contributed by atoms with Gasteiger partial charge < -0.3 is 25.4 Å². The Morgan fingerprint density at radius 3 is 2.59 bits per heavy atom. The van der Waals surface area contributed by atoms with Crippen molar-refractivity contribution >= 4 is 63.2 Å². The molecule has 27 heavy (non-hydrogen) atoms. The van der Waals surface area contributed by atoms with Gasteiger partial charge in [0, 0.05) is 23.3 Å². The number of nitrogens with zero attached hydrogens (tertiary/aromatic N) is 1. The van der Waals surface area contributed by atoms with E-state index in [1.165, 1.54) is 17.8 Å². The molecule has 1 aromatic heterocycles. The number of aryl methyl sites for hydroxylation is 2. The number of aromatic hydroxyl groups is 1. The van der Waals surface area contributed by atoms with Gasteiger partial charge in [0.05, 0.1) is 12.5 Å². The predicted molar refractivity (Wildman–Crippen MR) is 107 cm³/mol. The normalized spacial score (nSPS) is 11.2. The minimum absolute atomic E-state index is 0. The molecule has 10 heteroatoms. The molecule has 1 heterocycles. The Morgan fingerprint density at radius 2 is 2.00 bits per heavy atom. The number of pyridine rings is 1. The molecule has 140 valence electrons. The Labute approximate surface area is 186 Å². The number of carboxylic acids is 1. The Balaban J connectivity index is 0.00000364. The summed E-state index contributed by atoms with van der Waals surface area (Å²) in [5.41, 5.74) is 0.142. The van der Waals surface area contributed by atoms with Gasteiger partial charge in [0.2, 0.25) is 0 Å². The van der Waals surface area contributed by atoms with Crippen molar-refractivity contribution in [2.24, 2.45) is 7.05 Å². The molecule has 1 unspecified atom stereocenters. The van der Waals surface area contributed by atoms with E-state index in [2.05, 4.69) is 26.6 Å². The van der Waals surface area contributed by atoms with Crippen LogP contribution in [-0.4, -0.2) is 56.3 Å². The van der Waals surface area contributed by atoms with E-state index in [-0.39, 0.29) is 47.4 Å². The predicted octanol–water partition coefficient (Wildman–Crippen LogP) is 1.85. The molecule has 1 atom stereocenters. The van der Waals surface area contributed by atoms with E-state index < -0.39 is 23.6 Å². The molecular formula is C17H19BrN3NaO5. The average Bonchev–Trinajstić information content (AvgIpc) is 2.56. The van der Waals surface area contributed by atoms with E-state index in [4.69, 9.17) is 5.11 Å². The molecule has 0 bridgehead atoms. The van der Waals surface area contributed by atoms with Gasteiger partial charge in [0.25, 0.3) is 5.56 Å². The maximum atomic E-state index is 12.3. The number of amides is 2. The fourth-order valence-electron chi connectivity index (χ4n) is 2.46. The molecule has 4 N–H and O–H groups in total. The third-order valence-corrected chi connectivity index (χ3v) is 4.20. The SMILES string of the molecule is Cc1cn(C)c(=O)c(NC(=O)NC(CC(=O)O)c2cccc(Br)c2)c1O.[NaH]. The summed E-state index contributed by atoms with van der Waals surface area (Å²) >= 11 is 3.30. The summed E-state index contributed by atoms with van der Waals surface area (Å²) in [5, 5.41) is 24.0. The number of hydrogen-bond acceptors (Lipinski definition) is 4. The van der Waals surface area contributed by atoms with Crippen LogP contribution in [-0.2, 0) is 11.8 Å². The maximum absolute atomic E-state index is 12.3. The standard InChI is InChI=1S/C17H18BrN3O5.Na.H/c1-9-8-21(2)16(25)14(15(9)24)20-17(26)19-12(7-13(22)23)10-4-3-5-11(18)6-10;;/h3-6,8,12,24H,7H2,1-2H3,(H,22,23)(H2,19,20,26);;. The quantitative estimate of drug-likeness (QED) is 0.521. The van der Waals surface area contributed by atoms with E-state index >= 15 is 0 Å². The van der Waals surface area contributed by atoms with Crippen LogP contribution in [0.25, 0.3) is 0 Å². The molecule has 0 aliphatic heterocycles. The number of carboxylic acid groups (broad SMARTS) is 1. The topological polar surface area (TPSA) is 121 Å². The molecule has 2 rings (SSSR count). The van der Waals surface area contributed by atoms with Crippen LogP contribution in [0.3, 0.4) is 0 Å². The van der Waals surface area contributed by atoms with Gasteiger partial charge in [0.1, 0.15) is 5.75 Å². The van der Waals surface area contributed by atoms with Crippen LogP contribution in [0.2, 0.25) is 0 Å². The van der Waals surface area contributed by atoms with Crippen LogP contribution in [0.4, 0.5) is 10.5 Å². The molecule has 0 saturated carbocycles. The number of hydrogen-bond donors (Lipinski definition) is 4. The van der Waals surface area contributed by atoms with E-state index in [1.54, 1.807) is 31.2 Å². The van der Waals surface area contributed by atoms with E-state index in [9.17, 15) is 19.5 Å². The fourth-order valence-corrected chi connectivity index (χ4v) is 2.87. The second-order valence-corrected chi connectivity index (χ2v) is 6.67. The Morgan fingerprint density at radius 1 is 1.33 bits per heavy atom. The number of benzene rings is 1. The summed E-state index contributed by atoms with van der Waals surface area (Å²) in [6, 6.07) is 5.25. The third-order valence-electron chi connectivity index (χ3n) is 3.71. The zero-order chi connectivity index (χ0) is 19.4. The van der Waals surface area contributed by atoms with Crippen LogP contribution in [0.5, 0.6) is 5.75 Å². The molecule has 1 aromatic carbocycles.